The zero-order valence-electron chi connectivity index (χ0n) is 11.6. The maximum Gasteiger partial charge on any atom is 0.181 e. The topological polar surface area (TPSA) is 46.2 Å². The lowest BCUT2D eigenvalue weighted by atomic mass is 10.2. The molecule has 2 unspecified atom stereocenters. The second-order valence-electron chi connectivity index (χ2n) is 4.86. The van der Waals surface area contributed by atoms with Crippen LogP contribution >= 0.6 is 0 Å². The molecule has 0 aliphatic rings. The van der Waals surface area contributed by atoms with Crippen LogP contribution in [0.15, 0.2) is 29.2 Å². The third-order valence-corrected chi connectivity index (χ3v) is 5.30. The molecule has 2 atom stereocenters. The Morgan fingerprint density at radius 2 is 1.72 bits per heavy atom. The number of rotatable bonds is 6. The lowest BCUT2D eigenvalue weighted by molar-refractivity contribution is 0.509. The molecule has 0 spiro atoms. The minimum Gasteiger partial charge on any atom is -0.314 e. The molecule has 0 aromatic heterocycles. The van der Waals surface area contributed by atoms with Crippen molar-refractivity contribution in [1.82, 2.24) is 5.32 Å². The first-order valence-corrected chi connectivity index (χ1v) is 7.96. The van der Waals surface area contributed by atoms with Crippen LogP contribution in [0.5, 0.6) is 0 Å². The van der Waals surface area contributed by atoms with Crippen molar-refractivity contribution in [2.45, 2.75) is 50.3 Å². The Bertz CT molecular complexity index is 465. The second kappa shape index (κ2) is 6.34. The number of aryl methyl sites for hydroxylation is 1. The Morgan fingerprint density at radius 1 is 1.17 bits per heavy atom. The standard InChI is InChI=1S/C14H23NO2S/c1-5-15-12(3)10-13(4)18(16,17)14-8-6-11(2)7-9-14/h6-9,12-13,15H,5,10H2,1-4H3. The predicted octanol–water partition coefficient (Wildman–Crippen LogP) is 2.55. The smallest absolute Gasteiger partial charge is 0.181 e. The summed E-state index contributed by atoms with van der Waals surface area (Å²) >= 11 is 0. The van der Waals surface area contributed by atoms with Gasteiger partial charge in [-0.15, -0.1) is 0 Å². The Morgan fingerprint density at radius 3 is 2.22 bits per heavy atom. The molecule has 0 heterocycles. The van der Waals surface area contributed by atoms with Gasteiger partial charge < -0.3 is 5.32 Å². The van der Waals surface area contributed by atoms with Gasteiger partial charge in [-0.3, -0.25) is 0 Å². The molecule has 0 amide bonds. The van der Waals surface area contributed by atoms with Crippen molar-refractivity contribution >= 4 is 9.84 Å². The zero-order chi connectivity index (χ0) is 13.8. The van der Waals surface area contributed by atoms with E-state index in [1.807, 2.05) is 32.9 Å². The number of benzene rings is 1. The van der Waals surface area contributed by atoms with Gasteiger partial charge in [0.1, 0.15) is 0 Å². The average molecular weight is 269 g/mol. The normalized spacial score (nSPS) is 15.3. The summed E-state index contributed by atoms with van der Waals surface area (Å²) in [6, 6.07) is 7.28. The molecule has 0 bridgehead atoms. The molecule has 0 aliphatic carbocycles. The third kappa shape index (κ3) is 3.82. The second-order valence-corrected chi connectivity index (χ2v) is 7.23. The van der Waals surface area contributed by atoms with Crippen LogP contribution in [-0.2, 0) is 9.84 Å². The molecule has 3 nitrogen and oxygen atoms in total. The van der Waals surface area contributed by atoms with Crippen LogP contribution in [0.3, 0.4) is 0 Å². The van der Waals surface area contributed by atoms with Crippen LogP contribution in [0.4, 0.5) is 0 Å². The van der Waals surface area contributed by atoms with Crippen LogP contribution in [0.25, 0.3) is 0 Å². The Balaban J connectivity index is 2.83. The lowest BCUT2D eigenvalue weighted by Gasteiger charge is -2.18. The van der Waals surface area contributed by atoms with E-state index in [1.54, 1.807) is 19.1 Å². The minimum absolute atomic E-state index is 0.213. The van der Waals surface area contributed by atoms with Gasteiger partial charge in [0.25, 0.3) is 0 Å². The summed E-state index contributed by atoms with van der Waals surface area (Å²) in [6.07, 6.45) is 0.629. The summed E-state index contributed by atoms with van der Waals surface area (Å²) in [5, 5.41) is 2.88. The first kappa shape index (κ1) is 15.2. The van der Waals surface area contributed by atoms with E-state index in [4.69, 9.17) is 0 Å². The van der Waals surface area contributed by atoms with Crippen LogP contribution in [0.2, 0.25) is 0 Å². The molecule has 1 rings (SSSR count). The van der Waals surface area contributed by atoms with E-state index in [1.165, 1.54) is 0 Å². The van der Waals surface area contributed by atoms with E-state index in [0.717, 1.165) is 12.1 Å². The lowest BCUT2D eigenvalue weighted by Crippen LogP contribution is -2.32. The Hall–Kier alpha value is -0.870. The van der Waals surface area contributed by atoms with Crippen LogP contribution in [0, 0.1) is 6.92 Å². The van der Waals surface area contributed by atoms with E-state index in [-0.39, 0.29) is 11.3 Å². The van der Waals surface area contributed by atoms with E-state index in [0.29, 0.717) is 11.3 Å². The van der Waals surface area contributed by atoms with Gasteiger partial charge in [0, 0.05) is 6.04 Å². The summed E-state index contributed by atoms with van der Waals surface area (Å²) < 4.78 is 24.7. The molecule has 0 aliphatic heterocycles. The molecular formula is C14H23NO2S. The summed E-state index contributed by atoms with van der Waals surface area (Å²) in [5.74, 6) is 0. The van der Waals surface area contributed by atoms with E-state index >= 15 is 0 Å². The van der Waals surface area contributed by atoms with E-state index < -0.39 is 9.84 Å². The highest BCUT2D eigenvalue weighted by Crippen LogP contribution is 2.19. The molecule has 1 N–H and O–H groups in total. The Kier molecular flexibility index (Phi) is 5.35. The number of hydrogen-bond acceptors (Lipinski definition) is 3. The van der Waals surface area contributed by atoms with Gasteiger partial charge in [-0.05, 0) is 45.9 Å². The van der Waals surface area contributed by atoms with Gasteiger partial charge in [0.2, 0.25) is 0 Å². The summed E-state index contributed by atoms with van der Waals surface area (Å²) in [6.45, 7) is 8.63. The van der Waals surface area contributed by atoms with Gasteiger partial charge in [-0.2, -0.15) is 0 Å². The summed E-state index contributed by atoms with van der Waals surface area (Å²) in [5.41, 5.74) is 1.07. The molecule has 18 heavy (non-hydrogen) atoms. The molecule has 0 saturated carbocycles. The fourth-order valence-electron chi connectivity index (χ4n) is 2.02. The molecule has 0 saturated heterocycles. The highest BCUT2D eigenvalue weighted by Gasteiger charge is 2.24. The summed E-state index contributed by atoms with van der Waals surface area (Å²) in [4.78, 5) is 0.421. The molecule has 1 aromatic rings. The van der Waals surface area contributed by atoms with E-state index in [9.17, 15) is 8.42 Å². The molecule has 4 heteroatoms. The fourth-order valence-corrected chi connectivity index (χ4v) is 3.54. The van der Waals surface area contributed by atoms with Crippen molar-refractivity contribution in [1.29, 1.82) is 0 Å². The molecule has 0 radical (unpaired) electrons. The minimum atomic E-state index is -3.21. The molecule has 1 aromatic carbocycles. The molecule has 102 valence electrons. The van der Waals surface area contributed by atoms with Crippen molar-refractivity contribution in [2.75, 3.05) is 6.54 Å². The van der Waals surface area contributed by atoms with Crippen molar-refractivity contribution < 1.29 is 8.42 Å². The van der Waals surface area contributed by atoms with Crippen LogP contribution < -0.4 is 5.32 Å². The maximum absolute atomic E-state index is 12.4. The van der Waals surface area contributed by atoms with Crippen molar-refractivity contribution in [3.05, 3.63) is 29.8 Å². The maximum atomic E-state index is 12.4. The molecule has 0 fully saturated rings. The SMILES string of the molecule is CCNC(C)CC(C)S(=O)(=O)c1ccc(C)cc1. The predicted molar refractivity (Wildman–Crippen MR) is 75.6 cm³/mol. The van der Waals surface area contributed by atoms with Gasteiger partial charge in [0.05, 0.1) is 10.1 Å². The van der Waals surface area contributed by atoms with Gasteiger partial charge in [0.15, 0.2) is 9.84 Å². The largest absolute Gasteiger partial charge is 0.314 e. The fraction of sp³-hybridized carbons (Fsp3) is 0.571. The van der Waals surface area contributed by atoms with Crippen molar-refractivity contribution in [2.24, 2.45) is 0 Å². The van der Waals surface area contributed by atoms with Crippen molar-refractivity contribution in [3.8, 4) is 0 Å². The zero-order valence-corrected chi connectivity index (χ0v) is 12.4. The van der Waals surface area contributed by atoms with Crippen LogP contribution in [0.1, 0.15) is 32.8 Å². The number of hydrogen-bond donors (Lipinski definition) is 1. The first-order valence-electron chi connectivity index (χ1n) is 6.42. The number of sulfone groups is 1. The third-order valence-electron chi connectivity index (χ3n) is 3.12. The monoisotopic (exact) mass is 269 g/mol. The van der Waals surface area contributed by atoms with E-state index in [2.05, 4.69) is 5.32 Å². The van der Waals surface area contributed by atoms with Crippen molar-refractivity contribution in [3.63, 3.8) is 0 Å². The Labute approximate surface area is 111 Å². The average Bonchev–Trinajstić information content (AvgIpc) is 2.29. The molecular weight excluding hydrogens is 246 g/mol. The highest BCUT2D eigenvalue weighted by atomic mass is 32.2. The number of nitrogens with one attached hydrogen (secondary N) is 1. The highest BCUT2D eigenvalue weighted by molar-refractivity contribution is 7.92. The van der Waals surface area contributed by atoms with Gasteiger partial charge in [-0.25, -0.2) is 8.42 Å². The van der Waals surface area contributed by atoms with Gasteiger partial charge in [-0.1, -0.05) is 24.6 Å². The summed E-state index contributed by atoms with van der Waals surface area (Å²) in [7, 11) is -3.21. The van der Waals surface area contributed by atoms with Gasteiger partial charge >= 0.3 is 0 Å². The van der Waals surface area contributed by atoms with Crippen LogP contribution in [-0.4, -0.2) is 26.3 Å². The quantitative estimate of drug-likeness (QED) is 0.863. The first-order chi connectivity index (χ1) is 8.37.